The van der Waals surface area contributed by atoms with Crippen LogP contribution in [-0.4, -0.2) is 9.97 Å². The van der Waals surface area contributed by atoms with Gasteiger partial charge in [-0.1, -0.05) is 28.1 Å². The van der Waals surface area contributed by atoms with Gasteiger partial charge in [0, 0.05) is 4.47 Å². The Bertz CT molecular complexity index is 761. The first kappa shape index (κ1) is 13.8. The van der Waals surface area contributed by atoms with E-state index in [1.54, 1.807) is 12.4 Å². The predicted molar refractivity (Wildman–Crippen MR) is 85.8 cm³/mol. The van der Waals surface area contributed by atoms with Crippen molar-refractivity contribution in [3.05, 3.63) is 59.0 Å². The second kappa shape index (κ2) is 6.07. The van der Waals surface area contributed by atoms with Gasteiger partial charge in [-0.3, -0.25) is 4.98 Å². The van der Waals surface area contributed by atoms with E-state index in [9.17, 15) is 0 Å². The van der Waals surface area contributed by atoms with Crippen LogP contribution in [0.15, 0.2) is 53.3 Å². The van der Waals surface area contributed by atoms with Gasteiger partial charge in [0.15, 0.2) is 5.82 Å². The highest BCUT2D eigenvalue weighted by molar-refractivity contribution is 9.10. The number of nitrogens with one attached hydrogen (secondary N) is 1. The summed E-state index contributed by atoms with van der Waals surface area (Å²) in [5.74, 6) is 6.56. The van der Waals surface area contributed by atoms with Crippen LogP contribution in [-0.2, 0) is 6.61 Å². The van der Waals surface area contributed by atoms with Crippen LogP contribution in [0.4, 0.5) is 5.82 Å². The number of hydrogen-bond acceptors (Lipinski definition) is 5. The van der Waals surface area contributed by atoms with Crippen molar-refractivity contribution in [3.63, 3.8) is 0 Å². The molecular weight excluding hydrogens is 332 g/mol. The van der Waals surface area contributed by atoms with E-state index in [0.29, 0.717) is 12.4 Å². The average Bonchev–Trinajstić information content (AvgIpc) is 2.53. The van der Waals surface area contributed by atoms with Gasteiger partial charge < -0.3 is 10.2 Å². The van der Waals surface area contributed by atoms with Crippen molar-refractivity contribution in [2.24, 2.45) is 5.84 Å². The Kier molecular flexibility index (Phi) is 3.98. The zero-order valence-corrected chi connectivity index (χ0v) is 12.7. The zero-order valence-electron chi connectivity index (χ0n) is 11.1. The predicted octanol–water partition coefficient (Wildman–Crippen LogP) is 3.26. The molecule has 2 aromatic carbocycles. The number of nitrogen functional groups attached to an aromatic ring is 1. The molecule has 0 fully saturated rings. The highest BCUT2D eigenvalue weighted by atomic mass is 79.9. The summed E-state index contributed by atoms with van der Waals surface area (Å²) in [5.41, 5.74) is 3.18. The van der Waals surface area contributed by atoms with Crippen LogP contribution >= 0.6 is 15.9 Å². The first-order chi connectivity index (χ1) is 10.2. The van der Waals surface area contributed by atoms with E-state index in [0.717, 1.165) is 26.7 Å². The van der Waals surface area contributed by atoms with E-state index in [1.165, 1.54) is 0 Å². The van der Waals surface area contributed by atoms with Crippen molar-refractivity contribution in [2.45, 2.75) is 6.61 Å². The standard InChI is InChI=1S/C15H13BrN4O/c16-12-3-1-11-6-14(4-2-10(11)5-12)21-9-13-7-19-15(20-17)8-18-13/h1-8H,9,17H2,(H,19,20). The smallest absolute Gasteiger partial charge is 0.158 e. The van der Waals surface area contributed by atoms with E-state index in [-0.39, 0.29) is 0 Å². The number of fused-ring (bicyclic) bond motifs is 1. The third kappa shape index (κ3) is 3.29. The molecule has 0 bridgehead atoms. The van der Waals surface area contributed by atoms with Crippen molar-refractivity contribution in [1.82, 2.24) is 9.97 Å². The molecule has 3 N–H and O–H groups in total. The third-order valence-electron chi connectivity index (χ3n) is 3.01. The van der Waals surface area contributed by atoms with Crippen LogP contribution in [0.3, 0.4) is 0 Å². The van der Waals surface area contributed by atoms with Crippen molar-refractivity contribution < 1.29 is 4.74 Å². The Balaban J connectivity index is 1.73. The maximum atomic E-state index is 5.74. The molecule has 1 heterocycles. The summed E-state index contributed by atoms with van der Waals surface area (Å²) >= 11 is 3.46. The molecule has 0 aliphatic carbocycles. The lowest BCUT2D eigenvalue weighted by atomic mass is 10.1. The maximum Gasteiger partial charge on any atom is 0.158 e. The van der Waals surface area contributed by atoms with Gasteiger partial charge in [0.1, 0.15) is 12.4 Å². The Morgan fingerprint density at radius 1 is 1.05 bits per heavy atom. The molecule has 0 atom stereocenters. The summed E-state index contributed by atoms with van der Waals surface area (Å²) in [7, 11) is 0. The summed E-state index contributed by atoms with van der Waals surface area (Å²) < 4.78 is 6.80. The second-order valence-electron chi connectivity index (χ2n) is 4.48. The summed E-state index contributed by atoms with van der Waals surface area (Å²) in [4.78, 5) is 8.29. The molecule has 1 aromatic heterocycles. The molecule has 6 heteroatoms. The number of nitrogens with two attached hydrogens (primary N) is 1. The maximum absolute atomic E-state index is 5.74. The van der Waals surface area contributed by atoms with Crippen molar-refractivity contribution in [2.75, 3.05) is 5.43 Å². The van der Waals surface area contributed by atoms with Gasteiger partial charge in [-0.2, -0.15) is 0 Å². The van der Waals surface area contributed by atoms with E-state index in [4.69, 9.17) is 10.6 Å². The molecule has 0 saturated heterocycles. The van der Waals surface area contributed by atoms with Gasteiger partial charge in [0.05, 0.1) is 18.1 Å². The number of anilines is 1. The van der Waals surface area contributed by atoms with Crippen LogP contribution < -0.4 is 16.0 Å². The number of ether oxygens (including phenoxy) is 1. The Morgan fingerprint density at radius 3 is 2.62 bits per heavy atom. The molecule has 106 valence electrons. The number of hydrogen-bond donors (Lipinski definition) is 2. The van der Waals surface area contributed by atoms with E-state index in [2.05, 4.69) is 37.4 Å². The van der Waals surface area contributed by atoms with Gasteiger partial charge in [-0.15, -0.1) is 0 Å². The normalized spacial score (nSPS) is 10.6. The quantitative estimate of drug-likeness (QED) is 0.561. The van der Waals surface area contributed by atoms with Gasteiger partial charge in [0.25, 0.3) is 0 Å². The number of halogens is 1. The van der Waals surface area contributed by atoms with Crippen LogP contribution in [0.25, 0.3) is 10.8 Å². The Morgan fingerprint density at radius 2 is 1.86 bits per heavy atom. The molecule has 3 rings (SSSR count). The number of rotatable bonds is 4. The summed E-state index contributed by atoms with van der Waals surface area (Å²) in [5, 5.41) is 2.29. The van der Waals surface area contributed by atoms with Crippen LogP contribution in [0.2, 0.25) is 0 Å². The molecule has 0 aliphatic rings. The van der Waals surface area contributed by atoms with Gasteiger partial charge >= 0.3 is 0 Å². The van der Waals surface area contributed by atoms with Gasteiger partial charge in [-0.25, -0.2) is 10.8 Å². The fourth-order valence-corrected chi connectivity index (χ4v) is 2.32. The minimum atomic E-state index is 0.361. The Hall–Kier alpha value is -2.18. The third-order valence-corrected chi connectivity index (χ3v) is 3.51. The molecule has 0 spiro atoms. The average molecular weight is 345 g/mol. The first-order valence-corrected chi connectivity index (χ1v) is 7.13. The number of benzene rings is 2. The van der Waals surface area contributed by atoms with E-state index >= 15 is 0 Å². The Labute approximate surface area is 130 Å². The SMILES string of the molecule is NNc1cnc(COc2ccc3cc(Br)ccc3c2)cn1. The molecular formula is C15H13BrN4O. The lowest BCUT2D eigenvalue weighted by molar-refractivity contribution is 0.301. The molecule has 0 saturated carbocycles. The fraction of sp³-hybridized carbons (Fsp3) is 0.0667. The van der Waals surface area contributed by atoms with E-state index in [1.807, 2.05) is 30.3 Å². The fourth-order valence-electron chi connectivity index (χ4n) is 1.95. The molecule has 0 aliphatic heterocycles. The molecule has 3 aromatic rings. The van der Waals surface area contributed by atoms with Gasteiger partial charge in [-0.05, 0) is 35.0 Å². The summed E-state index contributed by atoms with van der Waals surface area (Å²) in [6, 6.07) is 12.1. The molecule has 5 nitrogen and oxygen atoms in total. The molecule has 21 heavy (non-hydrogen) atoms. The number of hydrazine groups is 1. The minimum Gasteiger partial charge on any atom is -0.487 e. The summed E-state index contributed by atoms with van der Waals surface area (Å²) in [6.45, 7) is 0.361. The summed E-state index contributed by atoms with van der Waals surface area (Å²) in [6.07, 6.45) is 3.20. The topological polar surface area (TPSA) is 73.1 Å². The molecule has 0 amide bonds. The number of nitrogens with zero attached hydrogens (tertiary/aromatic N) is 2. The monoisotopic (exact) mass is 344 g/mol. The molecule has 0 radical (unpaired) electrons. The van der Waals surface area contributed by atoms with Crippen LogP contribution in [0.1, 0.15) is 5.69 Å². The van der Waals surface area contributed by atoms with E-state index < -0.39 is 0 Å². The largest absolute Gasteiger partial charge is 0.487 e. The second-order valence-corrected chi connectivity index (χ2v) is 5.39. The highest BCUT2D eigenvalue weighted by Crippen LogP contribution is 2.24. The van der Waals surface area contributed by atoms with Crippen molar-refractivity contribution in [1.29, 1.82) is 0 Å². The lowest BCUT2D eigenvalue weighted by Gasteiger charge is -2.07. The van der Waals surface area contributed by atoms with Crippen molar-refractivity contribution >= 4 is 32.5 Å². The van der Waals surface area contributed by atoms with Gasteiger partial charge in [0.2, 0.25) is 0 Å². The van der Waals surface area contributed by atoms with Crippen LogP contribution in [0.5, 0.6) is 5.75 Å². The van der Waals surface area contributed by atoms with Crippen LogP contribution in [0, 0.1) is 0 Å². The molecule has 0 unspecified atom stereocenters. The zero-order chi connectivity index (χ0) is 14.7. The number of aromatic nitrogens is 2. The first-order valence-electron chi connectivity index (χ1n) is 6.34. The minimum absolute atomic E-state index is 0.361. The van der Waals surface area contributed by atoms with Crippen molar-refractivity contribution in [3.8, 4) is 5.75 Å². The highest BCUT2D eigenvalue weighted by Gasteiger charge is 2.01. The lowest BCUT2D eigenvalue weighted by Crippen LogP contribution is -2.09.